The first-order chi connectivity index (χ1) is 7.65. The summed E-state index contributed by atoms with van der Waals surface area (Å²) in [6.07, 6.45) is -0.239. The van der Waals surface area contributed by atoms with Gasteiger partial charge in [0.15, 0.2) is 5.82 Å². The van der Waals surface area contributed by atoms with Crippen LogP contribution in [-0.4, -0.2) is 20.4 Å². The van der Waals surface area contributed by atoms with E-state index in [0.717, 1.165) is 5.56 Å². The van der Waals surface area contributed by atoms with Crippen molar-refractivity contribution < 1.29 is 14.7 Å². The Balaban J connectivity index is 2.11. The lowest BCUT2D eigenvalue weighted by Crippen LogP contribution is -1.93. The zero-order chi connectivity index (χ0) is 11.5. The second-order valence-corrected chi connectivity index (χ2v) is 3.57. The quantitative estimate of drug-likeness (QED) is 0.817. The van der Waals surface area contributed by atoms with Crippen LogP contribution in [0, 0.1) is 0 Å². The van der Waals surface area contributed by atoms with Gasteiger partial charge in [0.1, 0.15) is 11.9 Å². The van der Waals surface area contributed by atoms with Crippen molar-refractivity contribution in [2.45, 2.75) is 19.4 Å². The van der Waals surface area contributed by atoms with Crippen LogP contribution in [0.25, 0.3) is 0 Å². The van der Waals surface area contributed by atoms with Crippen molar-refractivity contribution in [1.82, 2.24) is 10.1 Å². The lowest BCUT2D eigenvalue weighted by Gasteiger charge is -1.96. The average Bonchev–Trinajstić information content (AvgIpc) is 2.70. The van der Waals surface area contributed by atoms with Gasteiger partial charge in [0.2, 0.25) is 0 Å². The van der Waals surface area contributed by atoms with E-state index in [1.807, 2.05) is 0 Å². The molecular weight excluding hydrogens is 208 g/mol. The maximum atomic E-state index is 9.21. The number of aliphatic hydroxyl groups is 1. The Kier molecular flexibility index (Phi) is 2.87. The van der Waals surface area contributed by atoms with Crippen molar-refractivity contribution in [3.8, 4) is 5.75 Å². The maximum absolute atomic E-state index is 9.21. The number of hydrogen-bond donors (Lipinski definition) is 2. The molecule has 0 aliphatic rings. The van der Waals surface area contributed by atoms with Crippen molar-refractivity contribution in [2.24, 2.45) is 0 Å². The van der Waals surface area contributed by atoms with Crippen molar-refractivity contribution >= 4 is 0 Å². The highest BCUT2D eigenvalue weighted by atomic mass is 16.5. The van der Waals surface area contributed by atoms with Crippen molar-refractivity contribution in [1.29, 1.82) is 0 Å². The Morgan fingerprint density at radius 3 is 2.56 bits per heavy atom. The van der Waals surface area contributed by atoms with Gasteiger partial charge in [-0.15, -0.1) is 0 Å². The van der Waals surface area contributed by atoms with Crippen LogP contribution >= 0.6 is 0 Å². The maximum Gasteiger partial charge on any atom is 0.255 e. The molecule has 0 unspecified atom stereocenters. The van der Waals surface area contributed by atoms with Crippen LogP contribution in [0.15, 0.2) is 28.8 Å². The molecule has 5 nitrogen and oxygen atoms in total. The summed E-state index contributed by atoms with van der Waals surface area (Å²) in [5.74, 6) is 0.955. The van der Waals surface area contributed by atoms with Crippen LogP contribution < -0.4 is 0 Å². The molecule has 1 aromatic heterocycles. The summed E-state index contributed by atoms with van der Waals surface area (Å²) >= 11 is 0. The van der Waals surface area contributed by atoms with Crippen molar-refractivity contribution in [3.63, 3.8) is 0 Å². The summed E-state index contributed by atoms with van der Waals surface area (Å²) in [7, 11) is 0. The van der Waals surface area contributed by atoms with E-state index in [4.69, 9.17) is 9.63 Å². The van der Waals surface area contributed by atoms with E-state index in [2.05, 4.69) is 10.1 Å². The van der Waals surface area contributed by atoms with Crippen LogP contribution in [0.2, 0.25) is 0 Å². The fourth-order valence-corrected chi connectivity index (χ4v) is 1.31. The summed E-state index contributed by atoms with van der Waals surface area (Å²) in [6.45, 7) is 1.57. The Hall–Kier alpha value is -1.88. The molecule has 0 radical (unpaired) electrons. The molecular formula is C11H12N2O3. The molecule has 0 aliphatic heterocycles. The third-order valence-electron chi connectivity index (χ3n) is 2.14. The van der Waals surface area contributed by atoms with Gasteiger partial charge in [0, 0.05) is 6.42 Å². The van der Waals surface area contributed by atoms with E-state index in [1.165, 1.54) is 0 Å². The Morgan fingerprint density at radius 1 is 1.31 bits per heavy atom. The summed E-state index contributed by atoms with van der Waals surface area (Å²) in [6, 6.07) is 6.78. The number of nitrogens with zero attached hydrogens (tertiary/aromatic N) is 2. The van der Waals surface area contributed by atoms with E-state index in [9.17, 15) is 5.11 Å². The molecule has 0 bridgehead atoms. The first-order valence-electron chi connectivity index (χ1n) is 4.93. The Bertz CT molecular complexity index is 462. The van der Waals surface area contributed by atoms with Gasteiger partial charge in [0.25, 0.3) is 5.89 Å². The third-order valence-corrected chi connectivity index (χ3v) is 2.14. The van der Waals surface area contributed by atoms with Crippen molar-refractivity contribution in [2.75, 3.05) is 0 Å². The molecule has 5 heteroatoms. The van der Waals surface area contributed by atoms with Crippen LogP contribution in [0.3, 0.4) is 0 Å². The molecule has 0 amide bonds. The first kappa shape index (κ1) is 10.6. The van der Waals surface area contributed by atoms with Gasteiger partial charge in [-0.25, -0.2) is 0 Å². The zero-order valence-electron chi connectivity index (χ0n) is 8.79. The predicted molar refractivity (Wildman–Crippen MR) is 55.8 cm³/mol. The van der Waals surface area contributed by atoms with E-state index in [-0.39, 0.29) is 11.6 Å². The minimum Gasteiger partial charge on any atom is -0.508 e. The summed E-state index contributed by atoms with van der Waals surface area (Å²) in [5.41, 5.74) is 0.968. The standard InChI is InChI=1S/C11H12N2O3/c1-7(14)11-12-10(13-16-11)6-8-2-4-9(15)5-3-8/h2-5,7,14-15H,6H2,1H3/t7-/m0/s1. The Morgan fingerprint density at radius 2 is 2.00 bits per heavy atom. The smallest absolute Gasteiger partial charge is 0.255 e. The number of hydrogen-bond acceptors (Lipinski definition) is 5. The normalized spacial score (nSPS) is 12.6. The highest BCUT2D eigenvalue weighted by Gasteiger charge is 2.11. The second-order valence-electron chi connectivity index (χ2n) is 3.57. The Labute approximate surface area is 92.4 Å². The second kappa shape index (κ2) is 4.32. The number of rotatable bonds is 3. The number of phenolic OH excluding ortho intramolecular Hbond substituents is 1. The van der Waals surface area contributed by atoms with Gasteiger partial charge >= 0.3 is 0 Å². The largest absolute Gasteiger partial charge is 0.508 e. The predicted octanol–water partition coefficient (Wildman–Crippen LogP) is 1.42. The van der Waals surface area contributed by atoms with Gasteiger partial charge in [-0.1, -0.05) is 17.3 Å². The van der Waals surface area contributed by atoms with E-state index >= 15 is 0 Å². The number of phenols is 1. The summed E-state index contributed by atoms with van der Waals surface area (Å²) in [5, 5.41) is 22.1. The van der Waals surface area contributed by atoms with Crippen LogP contribution in [0.1, 0.15) is 30.3 Å². The molecule has 0 aliphatic carbocycles. The molecule has 84 valence electrons. The van der Waals surface area contributed by atoms with Crippen molar-refractivity contribution in [3.05, 3.63) is 41.5 Å². The van der Waals surface area contributed by atoms with Gasteiger partial charge in [-0.05, 0) is 24.6 Å². The summed E-state index contributed by atoms with van der Waals surface area (Å²) < 4.78 is 4.86. The zero-order valence-corrected chi connectivity index (χ0v) is 8.79. The monoisotopic (exact) mass is 220 g/mol. The molecule has 2 N–H and O–H groups in total. The minimum absolute atomic E-state index is 0.216. The molecule has 0 spiro atoms. The molecule has 1 atom stereocenters. The molecule has 0 fully saturated rings. The highest BCUT2D eigenvalue weighted by molar-refractivity contribution is 5.27. The number of aromatic nitrogens is 2. The number of aromatic hydroxyl groups is 1. The summed E-state index contributed by atoms with van der Waals surface area (Å²) in [4.78, 5) is 4.04. The molecule has 1 aromatic carbocycles. The third kappa shape index (κ3) is 2.38. The molecule has 0 saturated heterocycles. The highest BCUT2D eigenvalue weighted by Crippen LogP contribution is 2.14. The molecule has 2 aromatic rings. The molecule has 1 heterocycles. The molecule has 0 saturated carbocycles. The average molecular weight is 220 g/mol. The van der Waals surface area contributed by atoms with Gasteiger partial charge in [0.05, 0.1) is 0 Å². The SMILES string of the molecule is C[C@H](O)c1nc(Cc2ccc(O)cc2)no1. The van der Waals surface area contributed by atoms with E-state index in [0.29, 0.717) is 12.2 Å². The fraction of sp³-hybridized carbons (Fsp3) is 0.273. The fourth-order valence-electron chi connectivity index (χ4n) is 1.31. The topological polar surface area (TPSA) is 79.4 Å². The lowest BCUT2D eigenvalue weighted by molar-refractivity contribution is 0.151. The molecule has 2 rings (SSSR count). The van der Waals surface area contributed by atoms with E-state index < -0.39 is 6.10 Å². The van der Waals surface area contributed by atoms with Gasteiger partial charge in [-0.2, -0.15) is 4.98 Å². The van der Waals surface area contributed by atoms with E-state index in [1.54, 1.807) is 31.2 Å². The van der Waals surface area contributed by atoms with Gasteiger partial charge in [-0.3, -0.25) is 0 Å². The van der Waals surface area contributed by atoms with Crippen LogP contribution in [0.5, 0.6) is 5.75 Å². The minimum atomic E-state index is -0.749. The van der Waals surface area contributed by atoms with Gasteiger partial charge < -0.3 is 14.7 Å². The number of benzene rings is 1. The van der Waals surface area contributed by atoms with Crippen LogP contribution in [0.4, 0.5) is 0 Å². The van der Waals surface area contributed by atoms with Crippen LogP contribution in [-0.2, 0) is 6.42 Å². The first-order valence-corrected chi connectivity index (χ1v) is 4.93. The lowest BCUT2D eigenvalue weighted by atomic mass is 10.1. The number of aliphatic hydroxyl groups excluding tert-OH is 1. The molecule has 16 heavy (non-hydrogen) atoms.